The summed E-state index contributed by atoms with van der Waals surface area (Å²) in [6.07, 6.45) is 1.38. The molecule has 2 rings (SSSR count). The Balaban J connectivity index is 2.42. The average Bonchev–Trinajstić information content (AvgIpc) is 2.23. The van der Waals surface area contributed by atoms with Crippen LogP contribution in [0.25, 0.3) is 0 Å². The molecule has 1 aromatic heterocycles. The predicted molar refractivity (Wildman–Crippen MR) is 54.4 cm³/mol. The van der Waals surface area contributed by atoms with Gasteiger partial charge in [0.15, 0.2) is 0 Å². The smallest absolute Gasteiger partial charge is 0.294 e. The van der Waals surface area contributed by atoms with E-state index in [1.165, 1.54) is 18.0 Å². The fourth-order valence-corrected chi connectivity index (χ4v) is 1.86. The molecule has 6 heteroatoms. The lowest BCUT2D eigenvalue weighted by molar-refractivity contribution is -0.103. The summed E-state index contributed by atoms with van der Waals surface area (Å²) in [7, 11) is 0. The highest BCUT2D eigenvalue weighted by atomic mass is 32.2. The fourth-order valence-electron chi connectivity index (χ4n) is 1.47. The van der Waals surface area contributed by atoms with Gasteiger partial charge in [0.1, 0.15) is 6.10 Å². The highest BCUT2D eigenvalue weighted by Gasteiger charge is 2.43. The van der Waals surface area contributed by atoms with E-state index in [4.69, 9.17) is 0 Å². The molecular weight excluding hydrogens is 222 g/mol. The summed E-state index contributed by atoms with van der Waals surface area (Å²) in [5.74, 6) is -3.13. The van der Waals surface area contributed by atoms with Crippen LogP contribution >= 0.6 is 11.8 Å². The molecule has 0 saturated heterocycles. The van der Waals surface area contributed by atoms with Gasteiger partial charge in [-0.2, -0.15) is 0 Å². The number of thioether (sulfide) groups is 1. The first kappa shape index (κ1) is 10.6. The molecule has 82 valence electrons. The molecule has 15 heavy (non-hydrogen) atoms. The summed E-state index contributed by atoms with van der Waals surface area (Å²) in [6.45, 7) is -0.543. The third-order valence-electron chi connectivity index (χ3n) is 2.33. The Bertz CT molecular complexity index is 386. The highest BCUT2D eigenvalue weighted by molar-refractivity contribution is 7.98. The van der Waals surface area contributed by atoms with Gasteiger partial charge in [0, 0.05) is 17.4 Å². The minimum absolute atomic E-state index is 0.157. The molecule has 0 radical (unpaired) electrons. The van der Waals surface area contributed by atoms with Crippen molar-refractivity contribution < 1.29 is 13.9 Å². The van der Waals surface area contributed by atoms with Crippen LogP contribution in [0, 0.1) is 0 Å². The number of alkyl halides is 2. The van der Waals surface area contributed by atoms with Crippen molar-refractivity contribution in [3.8, 4) is 0 Å². The topological polar surface area (TPSA) is 45.2 Å². The van der Waals surface area contributed by atoms with Crippen LogP contribution < -0.4 is 5.32 Å². The van der Waals surface area contributed by atoms with Gasteiger partial charge in [-0.05, 0) is 12.3 Å². The van der Waals surface area contributed by atoms with Crippen molar-refractivity contribution >= 4 is 17.4 Å². The van der Waals surface area contributed by atoms with Gasteiger partial charge in [0.2, 0.25) is 0 Å². The summed E-state index contributed by atoms with van der Waals surface area (Å²) in [5.41, 5.74) is 0.692. The lowest BCUT2D eigenvalue weighted by Gasteiger charge is -2.30. The standard InChI is InChI=1S/C9H10F2N2OS/c1-15-7-2-6-5(3-12-7)8(14)9(10,11)4-13-6/h2-3,8,13-14H,4H2,1H3/t8-/m0/s1. The van der Waals surface area contributed by atoms with Crippen molar-refractivity contribution in [1.29, 1.82) is 0 Å². The Labute approximate surface area is 89.9 Å². The maximum absolute atomic E-state index is 13.1. The number of pyridine rings is 1. The van der Waals surface area contributed by atoms with E-state index in [9.17, 15) is 13.9 Å². The number of rotatable bonds is 1. The molecule has 3 nitrogen and oxygen atoms in total. The number of aliphatic hydroxyl groups excluding tert-OH is 1. The number of nitrogens with zero attached hydrogens (tertiary/aromatic N) is 1. The van der Waals surface area contributed by atoms with Crippen LogP contribution in [0.3, 0.4) is 0 Å². The van der Waals surface area contributed by atoms with Crippen LogP contribution in [0.4, 0.5) is 14.5 Å². The molecule has 0 aromatic carbocycles. The zero-order valence-electron chi connectivity index (χ0n) is 8.00. The normalized spacial score (nSPS) is 23.1. The van der Waals surface area contributed by atoms with Gasteiger partial charge in [-0.15, -0.1) is 11.8 Å². The first-order valence-corrected chi connectivity index (χ1v) is 5.61. The largest absolute Gasteiger partial charge is 0.382 e. The number of anilines is 1. The van der Waals surface area contributed by atoms with E-state index in [2.05, 4.69) is 10.3 Å². The summed E-state index contributed by atoms with van der Waals surface area (Å²) >= 11 is 1.42. The SMILES string of the molecule is CSc1cc2c(cn1)[C@H](O)C(F)(F)CN2. The summed E-state index contributed by atoms with van der Waals surface area (Å²) < 4.78 is 26.2. The van der Waals surface area contributed by atoms with Gasteiger partial charge >= 0.3 is 0 Å². The monoisotopic (exact) mass is 232 g/mol. The second-order valence-corrected chi connectivity index (χ2v) is 4.16. The third kappa shape index (κ3) is 1.79. The van der Waals surface area contributed by atoms with E-state index in [0.29, 0.717) is 5.69 Å². The maximum Gasteiger partial charge on any atom is 0.294 e. The average molecular weight is 232 g/mol. The van der Waals surface area contributed by atoms with Gasteiger partial charge in [-0.1, -0.05) is 0 Å². The quantitative estimate of drug-likeness (QED) is 0.726. The molecule has 0 unspecified atom stereocenters. The van der Waals surface area contributed by atoms with Crippen molar-refractivity contribution in [2.45, 2.75) is 17.1 Å². The fraction of sp³-hybridized carbons (Fsp3) is 0.444. The number of halogens is 2. The van der Waals surface area contributed by atoms with Gasteiger partial charge in [-0.25, -0.2) is 13.8 Å². The molecule has 0 amide bonds. The number of nitrogens with one attached hydrogen (secondary N) is 1. The van der Waals surface area contributed by atoms with E-state index in [0.717, 1.165) is 5.03 Å². The summed E-state index contributed by atoms with van der Waals surface area (Å²) in [6, 6.07) is 1.67. The first-order chi connectivity index (χ1) is 7.04. The van der Waals surface area contributed by atoms with Crippen LogP contribution in [0.2, 0.25) is 0 Å². The zero-order chi connectivity index (χ0) is 11.1. The Hall–Kier alpha value is -0.880. The molecule has 0 aliphatic carbocycles. The molecule has 0 fully saturated rings. The van der Waals surface area contributed by atoms with E-state index >= 15 is 0 Å². The second-order valence-electron chi connectivity index (χ2n) is 3.33. The number of aliphatic hydroxyl groups is 1. The maximum atomic E-state index is 13.1. The van der Waals surface area contributed by atoms with Crippen LogP contribution in [0.15, 0.2) is 17.3 Å². The molecule has 2 heterocycles. The molecule has 2 N–H and O–H groups in total. The summed E-state index contributed by atoms with van der Waals surface area (Å²) in [5, 5.41) is 12.7. The number of aromatic nitrogens is 1. The van der Waals surface area contributed by atoms with E-state index in [-0.39, 0.29) is 5.56 Å². The highest BCUT2D eigenvalue weighted by Crippen LogP contribution is 2.39. The molecule has 0 spiro atoms. The van der Waals surface area contributed by atoms with E-state index in [1.807, 2.05) is 6.26 Å². The first-order valence-electron chi connectivity index (χ1n) is 4.38. The lowest BCUT2D eigenvalue weighted by atomic mass is 10.00. The minimum Gasteiger partial charge on any atom is -0.382 e. The Morgan fingerprint density at radius 2 is 2.40 bits per heavy atom. The molecule has 1 aliphatic heterocycles. The van der Waals surface area contributed by atoms with E-state index < -0.39 is 18.6 Å². The lowest BCUT2D eigenvalue weighted by Crippen LogP contribution is -2.38. The zero-order valence-corrected chi connectivity index (χ0v) is 8.81. The Kier molecular flexibility index (Phi) is 2.56. The molecular formula is C9H10F2N2OS. The molecule has 1 atom stereocenters. The minimum atomic E-state index is -3.13. The predicted octanol–water partition coefficient (Wildman–Crippen LogP) is 1.90. The van der Waals surface area contributed by atoms with Crippen molar-refractivity contribution in [3.63, 3.8) is 0 Å². The number of hydrogen-bond donors (Lipinski definition) is 2. The Morgan fingerprint density at radius 1 is 1.67 bits per heavy atom. The summed E-state index contributed by atoms with van der Waals surface area (Å²) in [4.78, 5) is 3.96. The van der Waals surface area contributed by atoms with Gasteiger partial charge < -0.3 is 10.4 Å². The van der Waals surface area contributed by atoms with Crippen molar-refractivity contribution in [2.75, 3.05) is 18.1 Å². The van der Waals surface area contributed by atoms with Crippen LogP contribution in [-0.2, 0) is 0 Å². The Morgan fingerprint density at radius 3 is 3.07 bits per heavy atom. The van der Waals surface area contributed by atoms with Crippen LogP contribution in [0.1, 0.15) is 11.7 Å². The van der Waals surface area contributed by atoms with Gasteiger partial charge in [0.05, 0.1) is 11.6 Å². The second kappa shape index (κ2) is 3.61. The van der Waals surface area contributed by atoms with Crippen LogP contribution in [-0.4, -0.2) is 28.8 Å². The molecule has 1 aliphatic rings. The molecule has 0 bridgehead atoms. The molecule has 1 aromatic rings. The van der Waals surface area contributed by atoms with E-state index in [1.54, 1.807) is 6.07 Å². The van der Waals surface area contributed by atoms with Gasteiger partial charge in [0.25, 0.3) is 5.92 Å². The van der Waals surface area contributed by atoms with Crippen LogP contribution in [0.5, 0.6) is 0 Å². The van der Waals surface area contributed by atoms with Gasteiger partial charge in [-0.3, -0.25) is 0 Å². The van der Waals surface area contributed by atoms with Crippen molar-refractivity contribution in [3.05, 3.63) is 17.8 Å². The third-order valence-corrected chi connectivity index (χ3v) is 2.97. The number of hydrogen-bond acceptors (Lipinski definition) is 4. The molecule has 0 saturated carbocycles. The number of fused-ring (bicyclic) bond motifs is 1. The van der Waals surface area contributed by atoms with Crippen molar-refractivity contribution in [2.24, 2.45) is 0 Å². The van der Waals surface area contributed by atoms with Crippen molar-refractivity contribution in [1.82, 2.24) is 4.98 Å².